The fourth-order valence-corrected chi connectivity index (χ4v) is 2.21. The first-order chi connectivity index (χ1) is 10.1. The number of benzene rings is 2. The van der Waals surface area contributed by atoms with E-state index in [1.165, 1.54) is 16.7 Å². The van der Waals surface area contributed by atoms with E-state index in [0.717, 1.165) is 0 Å². The number of hydrogen-bond donors (Lipinski definition) is 1. The normalized spacial score (nSPS) is 12.2. The lowest BCUT2D eigenvalue weighted by Crippen LogP contribution is -2.30. The third-order valence-corrected chi connectivity index (χ3v) is 3.69. The van der Waals surface area contributed by atoms with E-state index in [0.29, 0.717) is 12.5 Å². The molecule has 0 aromatic heterocycles. The molecule has 0 saturated carbocycles. The molecule has 2 aromatic rings. The highest BCUT2D eigenvalue weighted by atomic mass is 16.1. The Balaban J connectivity index is 2.00. The van der Waals surface area contributed by atoms with Crippen molar-refractivity contribution >= 4 is 5.91 Å². The smallest absolute Gasteiger partial charge is 0.222 e. The summed E-state index contributed by atoms with van der Waals surface area (Å²) < 4.78 is 0. The summed E-state index contributed by atoms with van der Waals surface area (Å²) in [5.41, 5.74) is 3.70. The maximum Gasteiger partial charge on any atom is 0.222 e. The van der Waals surface area contributed by atoms with Crippen molar-refractivity contribution in [1.29, 1.82) is 0 Å². The van der Waals surface area contributed by atoms with Gasteiger partial charge >= 0.3 is 0 Å². The summed E-state index contributed by atoms with van der Waals surface area (Å²) in [5, 5.41) is 2.99. The lowest BCUT2D eigenvalue weighted by molar-refractivity contribution is -0.124. The van der Waals surface area contributed by atoms with Gasteiger partial charge in [0.2, 0.25) is 5.91 Å². The Morgan fingerprint density at radius 3 is 2.05 bits per heavy atom. The number of carbonyl (C=O) groups is 1. The molecule has 0 saturated heterocycles. The molecule has 0 fully saturated rings. The average molecular weight is 281 g/mol. The van der Waals surface area contributed by atoms with Gasteiger partial charge in [-0.05, 0) is 22.6 Å². The minimum absolute atomic E-state index is 0.0395. The summed E-state index contributed by atoms with van der Waals surface area (Å²) in [7, 11) is 0. The molecule has 1 amide bonds. The van der Waals surface area contributed by atoms with Crippen molar-refractivity contribution < 1.29 is 4.79 Å². The van der Waals surface area contributed by atoms with Gasteiger partial charge in [-0.2, -0.15) is 0 Å². The summed E-state index contributed by atoms with van der Waals surface area (Å²) in [6.07, 6.45) is 0. The van der Waals surface area contributed by atoms with Crippen LogP contribution in [-0.2, 0) is 4.79 Å². The Kier molecular flexibility index (Phi) is 5.15. The van der Waals surface area contributed by atoms with E-state index in [4.69, 9.17) is 0 Å². The molecule has 1 atom stereocenters. The van der Waals surface area contributed by atoms with E-state index in [-0.39, 0.29) is 11.8 Å². The lowest BCUT2D eigenvalue weighted by atomic mass is 9.97. The summed E-state index contributed by atoms with van der Waals surface area (Å²) in [4.78, 5) is 11.6. The molecule has 0 spiro atoms. The first-order valence-corrected chi connectivity index (χ1v) is 7.51. The minimum Gasteiger partial charge on any atom is -0.355 e. The van der Waals surface area contributed by atoms with Crippen LogP contribution < -0.4 is 5.32 Å². The maximum atomic E-state index is 11.6. The van der Waals surface area contributed by atoms with Crippen LogP contribution in [0.5, 0.6) is 0 Å². The van der Waals surface area contributed by atoms with Gasteiger partial charge in [0, 0.05) is 12.5 Å². The fraction of sp³-hybridized carbons (Fsp3) is 0.316. The molecule has 0 aliphatic rings. The van der Waals surface area contributed by atoms with Crippen LogP contribution in [-0.4, -0.2) is 12.5 Å². The molecule has 110 valence electrons. The molecule has 1 unspecified atom stereocenters. The summed E-state index contributed by atoms with van der Waals surface area (Å²) in [6, 6.07) is 18.9. The van der Waals surface area contributed by atoms with Crippen molar-refractivity contribution in [2.45, 2.75) is 26.7 Å². The molecule has 0 aliphatic carbocycles. The largest absolute Gasteiger partial charge is 0.355 e. The van der Waals surface area contributed by atoms with Crippen molar-refractivity contribution in [3.8, 4) is 11.1 Å². The van der Waals surface area contributed by atoms with Gasteiger partial charge in [0.15, 0.2) is 0 Å². The quantitative estimate of drug-likeness (QED) is 0.873. The standard InChI is InChI=1S/C19H23NO/c1-14(2)19(21)20-13-15(3)16-9-11-18(12-10-16)17-7-5-4-6-8-17/h4-12,14-15H,13H2,1-3H3,(H,20,21). The summed E-state index contributed by atoms with van der Waals surface area (Å²) in [5.74, 6) is 0.470. The van der Waals surface area contributed by atoms with Crippen molar-refractivity contribution in [3.63, 3.8) is 0 Å². The second-order valence-electron chi connectivity index (χ2n) is 5.79. The zero-order chi connectivity index (χ0) is 15.2. The van der Waals surface area contributed by atoms with Crippen molar-refractivity contribution in [3.05, 3.63) is 60.2 Å². The van der Waals surface area contributed by atoms with Gasteiger partial charge in [0.25, 0.3) is 0 Å². The van der Waals surface area contributed by atoms with Crippen LogP contribution in [0.1, 0.15) is 32.3 Å². The fourth-order valence-electron chi connectivity index (χ4n) is 2.21. The number of nitrogens with one attached hydrogen (secondary N) is 1. The van der Waals surface area contributed by atoms with Gasteiger partial charge in [0.1, 0.15) is 0 Å². The maximum absolute atomic E-state index is 11.6. The highest BCUT2D eigenvalue weighted by molar-refractivity contribution is 5.77. The Bertz CT molecular complexity index is 572. The topological polar surface area (TPSA) is 29.1 Å². The van der Waals surface area contributed by atoms with E-state index < -0.39 is 0 Å². The van der Waals surface area contributed by atoms with Gasteiger partial charge < -0.3 is 5.32 Å². The van der Waals surface area contributed by atoms with Crippen molar-refractivity contribution in [1.82, 2.24) is 5.32 Å². The third-order valence-electron chi connectivity index (χ3n) is 3.69. The highest BCUT2D eigenvalue weighted by Crippen LogP contribution is 2.22. The van der Waals surface area contributed by atoms with Gasteiger partial charge in [-0.1, -0.05) is 75.4 Å². The minimum atomic E-state index is 0.0395. The molecule has 0 radical (unpaired) electrons. The zero-order valence-electron chi connectivity index (χ0n) is 13.0. The Hall–Kier alpha value is -2.09. The van der Waals surface area contributed by atoms with E-state index in [1.807, 2.05) is 32.0 Å². The molecule has 0 heterocycles. The van der Waals surface area contributed by atoms with Gasteiger partial charge in [0.05, 0.1) is 0 Å². The highest BCUT2D eigenvalue weighted by Gasteiger charge is 2.10. The Morgan fingerprint density at radius 1 is 0.905 bits per heavy atom. The molecule has 2 heteroatoms. The molecule has 2 nitrogen and oxygen atoms in total. The molecule has 2 aromatic carbocycles. The molecular formula is C19H23NO. The summed E-state index contributed by atoms with van der Waals surface area (Å²) in [6.45, 7) is 6.64. The van der Waals surface area contributed by atoms with Crippen LogP contribution in [0.15, 0.2) is 54.6 Å². The van der Waals surface area contributed by atoms with Gasteiger partial charge in [-0.15, -0.1) is 0 Å². The monoisotopic (exact) mass is 281 g/mol. The van der Waals surface area contributed by atoms with E-state index in [1.54, 1.807) is 0 Å². The SMILES string of the molecule is CC(C)C(=O)NCC(C)c1ccc(-c2ccccc2)cc1. The third kappa shape index (κ3) is 4.19. The first-order valence-electron chi connectivity index (χ1n) is 7.51. The average Bonchev–Trinajstić information content (AvgIpc) is 2.53. The lowest BCUT2D eigenvalue weighted by Gasteiger charge is -2.15. The van der Waals surface area contributed by atoms with Gasteiger partial charge in [-0.25, -0.2) is 0 Å². The van der Waals surface area contributed by atoms with Gasteiger partial charge in [-0.3, -0.25) is 4.79 Å². The predicted molar refractivity (Wildman–Crippen MR) is 88.1 cm³/mol. The van der Waals surface area contributed by atoms with Crippen LogP contribution in [0.25, 0.3) is 11.1 Å². The number of carbonyl (C=O) groups excluding carboxylic acids is 1. The van der Waals surface area contributed by atoms with E-state index in [9.17, 15) is 4.79 Å². The molecule has 21 heavy (non-hydrogen) atoms. The predicted octanol–water partition coefficient (Wildman–Crippen LogP) is 4.23. The molecule has 2 rings (SSSR count). The van der Waals surface area contributed by atoms with Crippen LogP contribution in [0.4, 0.5) is 0 Å². The second kappa shape index (κ2) is 7.07. The molecule has 0 aliphatic heterocycles. The van der Waals surface area contributed by atoms with Crippen LogP contribution in [0.2, 0.25) is 0 Å². The van der Waals surface area contributed by atoms with Crippen LogP contribution in [0.3, 0.4) is 0 Å². The second-order valence-corrected chi connectivity index (χ2v) is 5.79. The number of amides is 1. The zero-order valence-corrected chi connectivity index (χ0v) is 13.0. The van der Waals surface area contributed by atoms with E-state index in [2.05, 4.69) is 48.6 Å². The molecule has 0 bridgehead atoms. The van der Waals surface area contributed by atoms with Crippen LogP contribution in [0, 0.1) is 5.92 Å². The van der Waals surface area contributed by atoms with E-state index >= 15 is 0 Å². The molecule has 1 N–H and O–H groups in total. The van der Waals surface area contributed by atoms with Crippen molar-refractivity contribution in [2.75, 3.05) is 6.54 Å². The number of hydrogen-bond acceptors (Lipinski definition) is 1. The van der Waals surface area contributed by atoms with Crippen LogP contribution >= 0.6 is 0 Å². The summed E-state index contributed by atoms with van der Waals surface area (Å²) >= 11 is 0. The number of rotatable bonds is 5. The first kappa shape index (κ1) is 15.3. The molecular weight excluding hydrogens is 258 g/mol. The van der Waals surface area contributed by atoms with Crippen molar-refractivity contribution in [2.24, 2.45) is 5.92 Å². The Morgan fingerprint density at radius 2 is 1.48 bits per heavy atom. The Labute approximate surface area is 127 Å².